The average molecular weight is 394 g/mol. The topological polar surface area (TPSA) is 40.6 Å². The second kappa shape index (κ2) is 8.76. The molecule has 5 rings (SSSR count). The van der Waals surface area contributed by atoms with Gasteiger partial charge in [-0.1, -0.05) is 30.3 Å². The van der Waals surface area contributed by atoms with Crippen molar-refractivity contribution < 1.29 is 14.0 Å². The number of fused-ring (bicyclic) bond motifs is 4. The molecule has 3 saturated heterocycles. The van der Waals surface area contributed by atoms with E-state index in [1.807, 2.05) is 40.1 Å². The minimum atomic E-state index is -0.236. The summed E-state index contributed by atoms with van der Waals surface area (Å²) in [6.07, 6.45) is 4.06. The Bertz CT molecular complexity index is 853. The van der Waals surface area contributed by atoms with Crippen molar-refractivity contribution >= 4 is 11.8 Å². The Hall–Kier alpha value is -2.69. The highest BCUT2D eigenvalue weighted by Gasteiger charge is 2.38. The molecule has 0 radical (unpaired) electrons. The van der Waals surface area contributed by atoms with E-state index in [0.717, 1.165) is 44.3 Å². The van der Waals surface area contributed by atoms with Crippen molar-refractivity contribution in [3.8, 4) is 0 Å². The third kappa shape index (κ3) is 4.66. The quantitative estimate of drug-likeness (QED) is 0.771. The van der Waals surface area contributed by atoms with Crippen LogP contribution in [0.4, 0.5) is 4.39 Å². The number of hydrogen-bond acceptors (Lipinski definition) is 2. The minimum Gasteiger partial charge on any atom is -0.338 e. The van der Waals surface area contributed by atoms with E-state index in [1.54, 1.807) is 12.1 Å². The summed E-state index contributed by atoms with van der Waals surface area (Å²) in [6, 6.07) is 16.0. The first-order chi connectivity index (χ1) is 14.1. The molecule has 0 saturated carbocycles. The van der Waals surface area contributed by atoms with Crippen molar-refractivity contribution in [1.29, 1.82) is 0 Å². The van der Waals surface area contributed by atoms with Crippen LogP contribution < -0.4 is 0 Å². The van der Waals surface area contributed by atoms with Crippen LogP contribution in [-0.2, 0) is 11.2 Å². The van der Waals surface area contributed by atoms with Crippen LogP contribution in [0.1, 0.15) is 41.6 Å². The summed E-state index contributed by atoms with van der Waals surface area (Å²) in [4.78, 5) is 29.7. The van der Waals surface area contributed by atoms with Crippen molar-refractivity contribution in [2.75, 3.05) is 19.6 Å². The number of carbonyl (C=O) groups is 2. The van der Waals surface area contributed by atoms with E-state index in [1.165, 1.54) is 12.1 Å². The molecule has 2 aromatic rings. The first-order valence-corrected chi connectivity index (χ1v) is 10.5. The van der Waals surface area contributed by atoms with E-state index in [9.17, 15) is 14.0 Å². The number of nitrogens with zero attached hydrogens (tertiary/aromatic N) is 2. The average Bonchev–Trinajstić information content (AvgIpc) is 3.07. The van der Waals surface area contributed by atoms with Gasteiger partial charge in [0.2, 0.25) is 5.91 Å². The lowest BCUT2D eigenvalue weighted by atomic mass is 9.94. The minimum absolute atomic E-state index is 0.0631. The summed E-state index contributed by atoms with van der Waals surface area (Å²) in [7, 11) is 0. The normalized spacial score (nSPS) is 21.1. The fourth-order valence-electron chi connectivity index (χ4n) is 4.55. The number of hydrogen-bond donors (Lipinski definition) is 0. The summed E-state index contributed by atoms with van der Waals surface area (Å²) in [6.45, 7) is 2.09. The van der Waals surface area contributed by atoms with Crippen LogP contribution in [-0.4, -0.2) is 47.3 Å². The van der Waals surface area contributed by atoms with Gasteiger partial charge in [-0.05, 0) is 61.4 Å². The predicted molar refractivity (Wildman–Crippen MR) is 110 cm³/mol. The summed E-state index contributed by atoms with van der Waals surface area (Å²) < 4.78 is 13.0. The molecule has 2 bridgehead atoms. The molecule has 0 N–H and O–H groups in total. The monoisotopic (exact) mass is 394 g/mol. The van der Waals surface area contributed by atoms with Gasteiger partial charge in [0.1, 0.15) is 5.82 Å². The maximum Gasteiger partial charge on any atom is 0.253 e. The van der Waals surface area contributed by atoms with Crippen LogP contribution >= 0.6 is 0 Å². The van der Waals surface area contributed by atoms with E-state index in [2.05, 4.69) is 0 Å². The molecule has 3 aliphatic heterocycles. The van der Waals surface area contributed by atoms with Gasteiger partial charge in [-0.25, -0.2) is 4.39 Å². The van der Waals surface area contributed by atoms with Gasteiger partial charge >= 0.3 is 0 Å². The highest BCUT2D eigenvalue weighted by Crippen LogP contribution is 2.29. The van der Waals surface area contributed by atoms with Gasteiger partial charge in [0.25, 0.3) is 5.91 Å². The number of carbonyl (C=O) groups excluding carboxylic acids is 2. The lowest BCUT2D eigenvalue weighted by Crippen LogP contribution is -2.47. The predicted octanol–water partition coefficient (Wildman–Crippen LogP) is 3.91. The summed E-state index contributed by atoms with van der Waals surface area (Å²) >= 11 is 0. The zero-order valence-electron chi connectivity index (χ0n) is 16.6. The lowest BCUT2D eigenvalue weighted by molar-refractivity contribution is -0.135. The van der Waals surface area contributed by atoms with Gasteiger partial charge in [-0.15, -0.1) is 0 Å². The zero-order chi connectivity index (χ0) is 20.2. The van der Waals surface area contributed by atoms with Gasteiger partial charge in [0, 0.05) is 37.7 Å². The molecule has 3 heterocycles. The molecule has 0 aromatic heterocycles. The molecule has 0 unspecified atom stereocenters. The first-order valence-electron chi connectivity index (χ1n) is 10.5. The van der Waals surface area contributed by atoms with Gasteiger partial charge in [0.15, 0.2) is 0 Å². The molecule has 0 spiro atoms. The standard InChI is InChI=1S/C24H27FN2O2/c25-21-12-9-18(10-13-21)5-4-8-23(28)27-16-19-11-14-22(27)17-26(15-19)24(29)20-6-2-1-3-7-20/h1-3,6-7,9-10,12-13,19,22H,4-5,8,11,14-17H2/t19-,22+/m1/s1. The van der Waals surface area contributed by atoms with E-state index in [-0.39, 0.29) is 23.7 Å². The van der Waals surface area contributed by atoms with Gasteiger partial charge < -0.3 is 9.80 Å². The van der Waals surface area contributed by atoms with Crippen molar-refractivity contribution in [2.45, 2.75) is 38.1 Å². The molecule has 0 aliphatic carbocycles. The van der Waals surface area contributed by atoms with Crippen LogP contribution in [0.5, 0.6) is 0 Å². The number of benzene rings is 2. The summed E-state index contributed by atoms with van der Waals surface area (Å²) in [5.74, 6) is 0.353. The van der Waals surface area contributed by atoms with E-state index < -0.39 is 0 Å². The maximum atomic E-state index is 13.0. The molecule has 4 nitrogen and oxygen atoms in total. The molecule has 5 heteroatoms. The Morgan fingerprint density at radius 3 is 2.45 bits per heavy atom. The molecular weight excluding hydrogens is 367 g/mol. The van der Waals surface area contributed by atoms with Crippen molar-refractivity contribution in [1.82, 2.24) is 9.80 Å². The van der Waals surface area contributed by atoms with Crippen molar-refractivity contribution in [3.05, 3.63) is 71.5 Å². The Balaban J connectivity index is 1.35. The van der Waals surface area contributed by atoms with Crippen molar-refractivity contribution in [2.24, 2.45) is 5.92 Å². The van der Waals surface area contributed by atoms with Crippen molar-refractivity contribution in [3.63, 3.8) is 0 Å². The first kappa shape index (κ1) is 19.6. The largest absolute Gasteiger partial charge is 0.338 e. The number of piperidine rings is 1. The van der Waals surface area contributed by atoms with Gasteiger partial charge in [-0.2, -0.15) is 0 Å². The summed E-state index contributed by atoms with van der Waals surface area (Å²) in [5, 5.41) is 0. The Kier molecular flexibility index (Phi) is 5.93. The Morgan fingerprint density at radius 2 is 1.69 bits per heavy atom. The Morgan fingerprint density at radius 1 is 0.931 bits per heavy atom. The number of aryl methyl sites for hydroxylation is 1. The SMILES string of the molecule is O=C(c1ccccc1)N1C[C@H]2CC[C@@H](C1)N(C(=O)CCCc1ccc(F)cc1)C2. The van der Waals surface area contributed by atoms with Gasteiger partial charge in [-0.3, -0.25) is 9.59 Å². The number of halogens is 1. The van der Waals surface area contributed by atoms with Crippen LogP contribution in [0.3, 0.4) is 0 Å². The second-order valence-corrected chi connectivity index (χ2v) is 8.20. The Labute approximate surface area is 171 Å². The second-order valence-electron chi connectivity index (χ2n) is 8.20. The van der Waals surface area contributed by atoms with Crippen LogP contribution in [0.15, 0.2) is 54.6 Å². The van der Waals surface area contributed by atoms with Crippen LogP contribution in [0.2, 0.25) is 0 Å². The molecular formula is C24H27FN2O2. The fraction of sp³-hybridized carbons (Fsp3) is 0.417. The van der Waals surface area contributed by atoms with Crippen LogP contribution in [0, 0.1) is 11.7 Å². The van der Waals surface area contributed by atoms with Crippen LogP contribution in [0.25, 0.3) is 0 Å². The highest BCUT2D eigenvalue weighted by molar-refractivity contribution is 5.94. The summed E-state index contributed by atoms with van der Waals surface area (Å²) in [5.41, 5.74) is 1.77. The van der Waals surface area contributed by atoms with E-state index in [4.69, 9.17) is 0 Å². The highest BCUT2D eigenvalue weighted by atomic mass is 19.1. The smallest absolute Gasteiger partial charge is 0.253 e. The molecule has 2 aromatic carbocycles. The zero-order valence-corrected chi connectivity index (χ0v) is 16.6. The number of amides is 2. The maximum absolute atomic E-state index is 13.0. The third-order valence-electron chi connectivity index (χ3n) is 6.11. The molecule has 3 fully saturated rings. The van der Waals surface area contributed by atoms with E-state index >= 15 is 0 Å². The molecule has 29 heavy (non-hydrogen) atoms. The van der Waals surface area contributed by atoms with E-state index in [0.29, 0.717) is 24.4 Å². The number of rotatable bonds is 5. The molecule has 152 valence electrons. The van der Waals surface area contributed by atoms with Gasteiger partial charge in [0.05, 0.1) is 0 Å². The third-order valence-corrected chi connectivity index (χ3v) is 6.11. The fourth-order valence-corrected chi connectivity index (χ4v) is 4.55. The molecule has 2 atom stereocenters. The molecule has 3 aliphatic rings. The molecule has 2 amide bonds. The lowest BCUT2D eigenvalue weighted by Gasteiger charge is -2.36.